The number of hydrogen-bond acceptors (Lipinski definition) is 5. The smallest absolute Gasteiger partial charge is 0.397 e. The molecule has 0 aliphatic heterocycles. The van der Waals surface area contributed by atoms with Crippen molar-refractivity contribution in [3.05, 3.63) is 95.3 Å². The molecular formula is C28H29F4N5O2. The van der Waals surface area contributed by atoms with Gasteiger partial charge in [-0.3, -0.25) is 9.59 Å². The van der Waals surface area contributed by atoms with Crippen LogP contribution in [0.4, 0.5) is 34.6 Å². The third-order valence-electron chi connectivity index (χ3n) is 5.63. The van der Waals surface area contributed by atoms with Crippen molar-refractivity contribution < 1.29 is 27.2 Å². The monoisotopic (exact) mass is 543 g/mol. The molecule has 7 nitrogen and oxygen atoms in total. The number of halogens is 4. The van der Waals surface area contributed by atoms with E-state index >= 15 is 0 Å². The number of alkyl halides is 3. The molecule has 0 bridgehead atoms. The molecule has 3 aromatic carbocycles. The Hall–Kier alpha value is -4.22. The number of anilines is 3. The minimum absolute atomic E-state index is 0.102. The second-order valence-electron chi connectivity index (χ2n) is 8.95. The van der Waals surface area contributed by atoms with Gasteiger partial charge in [0.15, 0.2) is 0 Å². The molecule has 1 atom stereocenters. The first kappa shape index (κ1) is 29.3. The maximum atomic E-state index is 14.0. The Kier molecular flexibility index (Phi) is 9.80. The van der Waals surface area contributed by atoms with E-state index in [1.54, 1.807) is 54.6 Å². The van der Waals surface area contributed by atoms with Gasteiger partial charge in [0.1, 0.15) is 11.9 Å². The summed E-state index contributed by atoms with van der Waals surface area (Å²) in [5.74, 6) is -2.42. The number of nitrogens with one attached hydrogen (secondary N) is 3. The summed E-state index contributed by atoms with van der Waals surface area (Å²) >= 11 is 0. The van der Waals surface area contributed by atoms with Gasteiger partial charge in [-0.2, -0.15) is 13.2 Å². The number of para-hydroxylation sites is 2. The van der Waals surface area contributed by atoms with Gasteiger partial charge in [-0.25, -0.2) is 4.39 Å². The minimum Gasteiger partial charge on any atom is -0.397 e. The standard InChI is InChI=1S/C28H29F4N5O2/c1-37(2)16-15-34-26(27(39)35-20-12-13-21(22(29)17-20)28(30,31)32)19-10-7-18(8-11-19)9-14-25(38)36-24-6-4-3-5-23(24)33/h3-14,17,26,34H,15-16,33H2,1-2H3,(H,35,39)(H,36,38)/b14-9+. The van der Waals surface area contributed by atoms with Crippen LogP contribution < -0.4 is 21.7 Å². The highest BCUT2D eigenvalue weighted by Gasteiger charge is 2.34. The van der Waals surface area contributed by atoms with E-state index in [0.29, 0.717) is 47.7 Å². The van der Waals surface area contributed by atoms with Gasteiger partial charge in [0.05, 0.1) is 16.9 Å². The Morgan fingerprint density at radius 2 is 1.69 bits per heavy atom. The number of carbonyl (C=O) groups excluding carboxylic acids is 2. The number of hydrogen-bond donors (Lipinski definition) is 4. The largest absolute Gasteiger partial charge is 0.419 e. The molecule has 0 heterocycles. The van der Waals surface area contributed by atoms with Crippen molar-refractivity contribution in [2.75, 3.05) is 43.6 Å². The van der Waals surface area contributed by atoms with Crippen molar-refractivity contribution in [3.8, 4) is 0 Å². The Morgan fingerprint density at radius 1 is 1.00 bits per heavy atom. The van der Waals surface area contributed by atoms with Crippen LogP contribution in [-0.2, 0) is 15.8 Å². The van der Waals surface area contributed by atoms with Gasteiger partial charge in [-0.15, -0.1) is 0 Å². The number of likely N-dealkylation sites (N-methyl/N-ethyl adjacent to an activating group) is 1. The summed E-state index contributed by atoms with van der Waals surface area (Å²) < 4.78 is 52.6. The Balaban J connectivity index is 1.73. The van der Waals surface area contributed by atoms with E-state index in [4.69, 9.17) is 5.73 Å². The summed E-state index contributed by atoms with van der Waals surface area (Å²) in [6.07, 6.45) is -1.90. The van der Waals surface area contributed by atoms with Crippen molar-refractivity contribution in [1.82, 2.24) is 10.2 Å². The van der Waals surface area contributed by atoms with Crippen molar-refractivity contribution in [2.24, 2.45) is 0 Å². The van der Waals surface area contributed by atoms with E-state index in [1.165, 1.54) is 6.08 Å². The fraction of sp³-hybridized carbons (Fsp3) is 0.214. The van der Waals surface area contributed by atoms with E-state index in [2.05, 4.69) is 16.0 Å². The third kappa shape index (κ3) is 8.66. The molecule has 0 aliphatic rings. The molecule has 0 radical (unpaired) electrons. The van der Waals surface area contributed by atoms with Crippen molar-refractivity contribution in [3.63, 3.8) is 0 Å². The highest BCUT2D eigenvalue weighted by atomic mass is 19.4. The number of nitrogen functional groups attached to an aromatic ring is 1. The summed E-state index contributed by atoms with van der Waals surface area (Å²) in [6.45, 7) is 1.04. The first-order valence-electron chi connectivity index (χ1n) is 11.9. The second kappa shape index (κ2) is 13.0. The average molecular weight is 544 g/mol. The lowest BCUT2D eigenvalue weighted by molar-refractivity contribution is -0.140. The lowest BCUT2D eigenvalue weighted by Crippen LogP contribution is -2.36. The van der Waals surface area contributed by atoms with Crippen LogP contribution in [0.25, 0.3) is 6.08 Å². The zero-order valence-electron chi connectivity index (χ0n) is 21.4. The molecule has 0 aliphatic carbocycles. The van der Waals surface area contributed by atoms with E-state index in [0.717, 1.165) is 6.07 Å². The molecule has 11 heteroatoms. The van der Waals surface area contributed by atoms with Gasteiger partial charge in [0, 0.05) is 24.9 Å². The average Bonchev–Trinajstić information content (AvgIpc) is 2.86. The fourth-order valence-corrected chi connectivity index (χ4v) is 3.59. The predicted molar refractivity (Wildman–Crippen MR) is 144 cm³/mol. The van der Waals surface area contributed by atoms with Crippen molar-refractivity contribution in [2.45, 2.75) is 12.2 Å². The van der Waals surface area contributed by atoms with Crippen LogP contribution in [0.1, 0.15) is 22.7 Å². The summed E-state index contributed by atoms with van der Waals surface area (Å²) in [4.78, 5) is 27.2. The van der Waals surface area contributed by atoms with Gasteiger partial charge in [-0.1, -0.05) is 36.4 Å². The topological polar surface area (TPSA) is 99.5 Å². The zero-order valence-corrected chi connectivity index (χ0v) is 21.4. The molecule has 3 aromatic rings. The van der Waals surface area contributed by atoms with Gasteiger partial charge in [0.2, 0.25) is 11.8 Å². The highest BCUT2D eigenvalue weighted by molar-refractivity contribution is 6.03. The normalized spacial score (nSPS) is 12.5. The number of nitrogens with zero attached hydrogens (tertiary/aromatic N) is 1. The molecule has 2 amide bonds. The Morgan fingerprint density at radius 3 is 2.31 bits per heavy atom. The highest BCUT2D eigenvalue weighted by Crippen LogP contribution is 2.32. The molecular weight excluding hydrogens is 514 g/mol. The van der Waals surface area contributed by atoms with Crippen molar-refractivity contribution >= 4 is 35.0 Å². The van der Waals surface area contributed by atoms with Gasteiger partial charge >= 0.3 is 6.18 Å². The van der Waals surface area contributed by atoms with Crippen LogP contribution in [0.5, 0.6) is 0 Å². The zero-order chi connectivity index (χ0) is 28.6. The van der Waals surface area contributed by atoms with Crippen LogP contribution in [0.2, 0.25) is 0 Å². The fourth-order valence-electron chi connectivity index (χ4n) is 3.59. The Labute approximate surface area is 223 Å². The first-order valence-corrected chi connectivity index (χ1v) is 11.9. The van der Waals surface area contributed by atoms with Gasteiger partial charge in [-0.05, 0) is 61.6 Å². The lowest BCUT2D eigenvalue weighted by atomic mass is 10.0. The maximum Gasteiger partial charge on any atom is 0.419 e. The number of amides is 2. The van der Waals surface area contributed by atoms with E-state index < -0.39 is 29.5 Å². The predicted octanol–water partition coefficient (Wildman–Crippen LogP) is 4.91. The summed E-state index contributed by atoms with van der Waals surface area (Å²) in [7, 11) is 3.73. The van der Waals surface area contributed by atoms with E-state index in [9.17, 15) is 27.2 Å². The number of carbonyl (C=O) groups is 2. The molecule has 5 N–H and O–H groups in total. The third-order valence-corrected chi connectivity index (χ3v) is 5.63. The molecule has 39 heavy (non-hydrogen) atoms. The molecule has 0 fully saturated rings. The molecule has 0 saturated heterocycles. The van der Waals surface area contributed by atoms with Crippen LogP contribution in [-0.4, -0.2) is 43.9 Å². The number of benzene rings is 3. The lowest BCUT2D eigenvalue weighted by Gasteiger charge is -2.21. The second-order valence-corrected chi connectivity index (χ2v) is 8.95. The molecule has 206 valence electrons. The van der Waals surface area contributed by atoms with Crippen LogP contribution in [0.3, 0.4) is 0 Å². The quantitative estimate of drug-likeness (QED) is 0.166. The summed E-state index contributed by atoms with van der Waals surface area (Å²) in [6, 6.07) is 15.0. The van der Waals surface area contributed by atoms with Crippen LogP contribution in [0.15, 0.2) is 72.8 Å². The molecule has 0 aromatic heterocycles. The molecule has 0 spiro atoms. The van der Waals surface area contributed by atoms with Crippen molar-refractivity contribution in [1.29, 1.82) is 0 Å². The van der Waals surface area contributed by atoms with Gasteiger partial charge in [0.25, 0.3) is 0 Å². The summed E-state index contributed by atoms with van der Waals surface area (Å²) in [5, 5.41) is 8.29. The van der Waals surface area contributed by atoms with Crippen LogP contribution in [0, 0.1) is 5.82 Å². The minimum atomic E-state index is -4.84. The summed E-state index contributed by atoms with van der Waals surface area (Å²) in [5.41, 5.74) is 6.51. The maximum absolute atomic E-state index is 14.0. The SMILES string of the molecule is CN(C)CCNC(C(=O)Nc1ccc(C(F)(F)F)c(F)c1)c1ccc(/C=C/C(=O)Nc2ccccc2N)cc1. The number of rotatable bonds is 10. The van der Waals surface area contributed by atoms with Crippen LogP contribution >= 0.6 is 0 Å². The van der Waals surface area contributed by atoms with E-state index in [1.807, 2.05) is 19.0 Å². The molecule has 1 unspecified atom stereocenters. The van der Waals surface area contributed by atoms with Gasteiger partial charge < -0.3 is 26.6 Å². The molecule has 3 rings (SSSR count). The number of nitrogens with two attached hydrogens (primary N) is 1. The van der Waals surface area contributed by atoms with E-state index in [-0.39, 0.29) is 11.6 Å². The first-order chi connectivity index (χ1) is 18.4. The Bertz CT molecular complexity index is 1320. The molecule has 0 saturated carbocycles.